The van der Waals surface area contributed by atoms with Gasteiger partial charge in [0.1, 0.15) is 0 Å². The lowest BCUT2D eigenvalue weighted by Gasteiger charge is -2.20. The highest BCUT2D eigenvalue weighted by atomic mass is 32.2. The van der Waals surface area contributed by atoms with Crippen molar-refractivity contribution in [3.8, 4) is 0 Å². The lowest BCUT2D eigenvalue weighted by molar-refractivity contribution is 0.162. The average Bonchev–Trinajstić information content (AvgIpc) is 2.19. The molecule has 1 unspecified atom stereocenters. The van der Waals surface area contributed by atoms with E-state index in [-0.39, 0.29) is 0 Å². The Balaban J connectivity index is 3.59. The molecule has 3 heteroatoms. The van der Waals surface area contributed by atoms with Crippen molar-refractivity contribution >= 4 is 11.8 Å². The maximum Gasteiger partial charge on any atom is 0.0615 e. The molecule has 0 aromatic heterocycles. The van der Waals surface area contributed by atoms with Crippen LogP contribution in [0, 0.1) is 0 Å². The van der Waals surface area contributed by atoms with Gasteiger partial charge < -0.3 is 10.1 Å². The Morgan fingerprint density at radius 1 is 1.31 bits per heavy atom. The summed E-state index contributed by atoms with van der Waals surface area (Å²) in [7, 11) is 1.78. The van der Waals surface area contributed by atoms with E-state index in [2.05, 4.69) is 33.0 Å². The normalized spacial score (nSPS) is 14.1. The minimum absolute atomic E-state index is 0.377. The zero-order valence-electron chi connectivity index (χ0n) is 11.6. The first-order valence-electron chi connectivity index (χ1n) is 6.36. The molecule has 0 saturated heterocycles. The maximum absolute atomic E-state index is 5.23. The van der Waals surface area contributed by atoms with Crippen LogP contribution in [-0.4, -0.2) is 36.8 Å². The van der Waals surface area contributed by atoms with E-state index in [4.69, 9.17) is 4.74 Å². The van der Waals surface area contributed by atoms with Gasteiger partial charge in [-0.05, 0) is 6.42 Å². The largest absolute Gasteiger partial charge is 0.383 e. The summed E-state index contributed by atoms with van der Waals surface area (Å²) in [6, 6.07) is 0.533. The third kappa shape index (κ3) is 10.8. The minimum Gasteiger partial charge on any atom is -0.383 e. The van der Waals surface area contributed by atoms with E-state index in [1.165, 1.54) is 25.0 Å². The van der Waals surface area contributed by atoms with Crippen LogP contribution in [0.4, 0.5) is 0 Å². The molecule has 0 bridgehead atoms. The third-order valence-corrected chi connectivity index (χ3v) is 3.62. The molecule has 0 rings (SSSR count). The molecule has 0 radical (unpaired) electrons. The Bertz CT molecular complexity index is 157. The molecule has 0 aliphatic heterocycles. The highest BCUT2D eigenvalue weighted by Crippen LogP contribution is 2.22. The van der Waals surface area contributed by atoms with Crippen LogP contribution in [-0.2, 0) is 4.74 Å². The molecular formula is C13H29NOS. The summed E-state index contributed by atoms with van der Waals surface area (Å²) in [6.07, 6.45) is 3.77. The molecule has 98 valence electrons. The van der Waals surface area contributed by atoms with E-state index in [9.17, 15) is 0 Å². The molecule has 0 aromatic rings. The van der Waals surface area contributed by atoms with Crippen molar-refractivity contribution in [3.63, 3.8) is 0 Å². The Morgan fingerprint density at radius 2 is 2.00 bits per heavy atom. The summed E-state index contributed by atoms with van der Waals surface area (Å²) in [5.74, 6) is 1.18. The molecule has 0 spiro atoms. The van der Waals surface area contributed by atoms with Gasteiger partial charge in [-0.2, -0.15) is 11.8 Å². The zero-order chi connectivity index (χ0) is 12.4. The molecule has 0 aromatic carbocycles. The number of methoxy groups -OCH3 is 1. The molecular weight excluding hydrogens is 218 g/mol. The standard InChI is InChI=1S/C13H29NOS/c1-6-7-8-12(11-15-5)14-9-10-16-13(2,3)4/h12,14H,6-11H2,1-5H3. The van der Waals surface area contributed by atoms with Crippen LogP contribution in [0.2, 0.25) is 0 Å². The topological polar surface area (TPSA) is 21.3 Å². The Morgan fingerprint density at radius 3 is 2.50 bits per heavy atom. The maximum atomic E-state index is 5.23. The third-order valence-electron chi connectivity index (χ3n) is 2.34. The van der Waals surface area contributed by atoms with Crippen molar-refractivity contribution in [2.45, 2.75) is 57.7 Å². The summed E-state index contributed by atoms with van der Waals surface area (Å²) in [4.78, 5) is 0. The second-order valence-corrected chi connectivity index (χ2v) is 7.13. The van der Waals surface area contributed by atoms with Crippen LogP contribution >= 0.6 is 11.8 Å². The summed E-state index contributed by atoms with van der Waals surface area (Å²) >= 11 is 2.01. The van der Waals surface area contributed by atoms with E-state index in [0.717, 1.165) is 13.2 Å². The second kappa shape index (κ2) is 9.32. The fourth-order valence-electron chi connectivity index (χ4n) is 1.52. The number of hydrogen-bond acceptors (Lipinski definition) is 3. The second-order valence-electron chi connectivity index (χ2n) is 5.21. The summed E-state index contributed by atoms with van der Waals surface area (Å²) in [5, 5.41) is 3.58. The summed E-state index contributed by atoms with van der Waals surface area (Å²) in [6.45, 7) is 10.9. The molecule has 2 nitrogen and oxygen atoms in total. The highest BCUT2D eigenvalue weighted by molar-refractivity contribution is 8.00. The van der Waals surface area contributed by atoms with Crippen LogP contribution in [0.5, 0.6) is 0 Å². The first-order chi connectivity index (χ1) is 7.49. The van der Waals surface area contributed by atoms with Gasteiger partial charge in [0.15, 0.2) is 0 Å². The first-order valence-corrected chi connectivity index (χ1v) is 7.34. The van der Waals surface area contributed by atoms with Gasteiger partial charge in [-0.3, -0.25) is 0 Å². The van der Waals surface area contributed by atoms with E-state index in [0.29, 0.717) is 10.8 Å². The van der Waals surface area contributed by atoms with Gasteiger partial charge in [0.25, 0.3) is 0 Å². The molecule has 0 aliphatic carbocycles. The van der Waals surface area contributed by atoms with Gasteiger partial charge in [0.05, 0.1) is 6.61 Å². The minimum atomic E-state index is 0.377. The van der Waals surface area contributed by atoms with Gasteiger partial charge in [0.2, 0.25) is 0 Å². The molecule has 0 saturated carbocycles. The molecule has 0 fully saturated rings. The fraction of sp³-hybridized carbons (Fsp3) is 1.00. The predicted octanol–water partition coefficient (Wildman–Crippen LogP) is 3.31. The number of thioether (sulfide) groups is 1. The van der Waals surface area contributed by atoms with Crippen molar-refractivity contribution in [2.75, 3.05) is 26.0 Å². The lowest BCUT2D eigenvalue weighted by atomic mass is 10.1. The van der Waals surface area contributed by atoms with Crippen molar-refractivity contribution in [3.05, 3.63) is 0 Å². The van der Waals surface area contributed by atoms with E-state index >= 15 is 0 Å². The van der Waals surface area contributed by atoms with Crippen molar-refractivity contribution in [2.24, 2.45) is 0 Å². The molecule has 16 heavy (non-hydrogen) atoms. The molecule has 0 amide bonds. The summed E-state index contributed by atoms with van der Waals surface area (Å²) in [5.41, 5.74) is 0. The first kappa shape index (κ1) is 16.3. The van der Waals surface area contributed by atoms with Gasteiger partial charge in [-0.25, -0.2) is 0 Å². The van der Waals surface area contributed by atoms with Crippen molar-refractivity contribution in [1.29, 1.82) is 0 Å². The molecule has 0 aliphatic rings. The van der Waals surface area contributed by atoms with Crippen molar-refractivity contribution in [1.82, 2.24) is 5.32 Å². The number of hydrogen-bond donors (Lipinski definition) is 1. The van der Waals surface area contributed by atoms with Gasteiger partial charge in [0, 0.05) is 30.2 Å². The summed E-state index contributed by atoms with van der Waals surface area (Å²) < 4.78 is 5.61. The Labute approximate surface area is 106 Å². The fourth-order valence-corrected chi connectivity index (χ4v) is 2.35. The number of nitrogens with one attached hydrogen (secondary N) is 1. The Kier molecular flexibility index (Phi) is 9.47. The number of ether oxygens (including phenoxy) is 1. The molecule has 1 atom stereocenters. The quantitative estimate of drug-likeness (QED) is 0.632. The van der Waals surface area contributed by atoms with Gasteiger partial charge >= 0.3 is 0 Å². The van der Waals surface area contributed by atoms with Gasteiger partial charge in [-0.1, -0.05) is 40.5 Å². The Hall–Kier alpha value is 0.270. The number of unbranched alkanes of at least 4 members (excludes halogenated alkanes) is 1. The van der Waals surface area contributed by atoms with Crippen LogP contribution in [0.25, 0.3) is 0 Å². The highest BCUT2D eigenvalue weighted by Gasteiger charge is 2.11. The van der Waals surface area contributed by atoms with E-state index in [1.54, 1.807) is 7.11 Å². The smallest absolute Gasteiger partial charge is 0.0615 e. The molecule has 0 heterocycles. The van der Waals surface area contributed by atoms with E-state index < -0.39 is 0 Å². The predicted molar refractivity (Wildman–Crippen MR) is 75.4 cm³/mol. The van der Waals surface area contributed by atoms with Crippen LogP contribution in [0.1, 0.15) is 47.0 Å². The van der Waals surface area contributed by atoms with E-state index in [1.807, 2.05) is 11.8 Å². The molecule has 1 N–H and O–H groups in total. The average molecular weight is 247 g/mol. The van der Waals surface area contributed by atoms with Crippen LogP contribution in [0.15, 0.2) is 0 Å². The van der Waals surface area contributed by atoms with Crippen LogP contribution < -0.4 is 5.32 Å². The zero-order valence-corrected chi connectivity index (χ0v) is 12.5. The number of rotatable bonds is 9. The monoisotopic (exact) mass is 247 g/mol. The van der Waals surface area contributed by atoms with Gasteiger partial charge in [-0.15, -0.1) is 0 Å². The van der Waals surface area contributed by atoms with Crippen molar-refractivity contribution < 1.29 is 4.74 Å². The lowest BCUT2D eigenvalue weighted by Crippen LogP contribution is -2.35. The SMILES string of the molecule is CCCCC(COC)NCCSC(C)(C)C. The van der Waals surface area contributed by atoms with Crippen LogP contribution in [0.3, 0.4) is 0 Å².